The molecule has 0 saturated heterocycles. The molecule has 0 aromatic carbocycles. The zero-order chi connectivity index (χ0) is 17.5. The number of halogens is 5. The van der Waals surface area contributed by atoms with Crippen LogP contribution in [0, 0.1) is 5.41 Å². The molecule has 0 radical (unpaired) electrons. The van der Waals surface area contributed by atoms with Crippen LogP contribution in [0.25, 0.3) is 0 Å². The van der Waals surface area contributed by atoms with E-state index >= 15 is 0 Å². The van der Waals surface area contributed by atoms with Gasteiger partial charge in [0.15, 0.2) is 6.61 Å². The lowest BCUT2D eigenvalue weighted by Gasteiger charge is -2.26. The van der Waals surface area contributed by atoms with Gasteiger partial charge in [-0.05, 0) is 13.8 Å². The normalized spacial score (nSPS) is 12.1. The van der Waals surface area contributed by atoms with Crippen LogP contribution >= 0.6 is 0 Å². The molecule has 0 fully saturated rings. The Morgan fingerprint density at radius 2 is 1.14 bits per heavy atom. The zero-order valence-electron chi connectivity index (χ0n) is 12.4. The molecule has 0 rings (SSSR count). The van der Waals surface area contributed by atoms with Gasteiger partial charge in [-0.25, -0.2) is 8.78 Å². The predicted molar refractivity (Wildman–Crippen MR) is 63.7 cm³/mol. The fourth-order valence-corrected chi connectivity index (χ4v) is 0.592. The third-order valence-electron chi connectivity index (χ3n) is 1.93. The van der Waals surface area contributed by atoms with Gasteiger partial charge < -0.3 is 9.47 Å². The molecule has 0 atom stereocenters. The number of ether oxygens (including phenoxy) is 2. The second-order valence-electron chi connectivity index (χ2n) is 5.01. The summed E-state index contributed by atoms with van der Waals surface area (Å²) in [7, 11) is 0. The summed E-state index contributed by atoms with van der Waals surface area (Å²) in [6.07, 6.45) is -4.34. The maximum atomic E-state index is 12.1. The van der Waals surface area contributed by atoms with Crippen molar-refractivity contribution in [3.8, 4) is 0 Å². The van der Waals surface area contributed by atoms with Crippen molar-refractivity contribution in [3.05, 3.63) is 0 Å². The van der Waals surface area contributed by atoms with Crippen molar-refractivity contribution in [3.63, 3.8) is 0 Å². The lowest BCUT2D eigenvalue weighted by Crippen LogP contribution is -2.37. The minimum atomic E-state index is -4.34. The minimum Gasteiger partial charge on any atom is -0.465 e. The Bertz CT molecular complexity index is 345. The van der Waals surface area contributed by atoms with E-state index < -0.39 is 42.7 Å². The highest BCUT2D eigenvalue weighted by atomic mass is 19.4. The van der Waals surface area contributed by atoms with Gasteiger partial charge in [-0.2, -0.15) is 13.2 Å². The van der Waals surface area contributed by atoms with E-state index in [1.807, 2.05) is 0 Å². The number of carbonyl (C=O) groups is 2. The van der Waals surface area contributed by atoms with Gasteiger partial charge in [-0.15, -0.1) is 0 Å². The summed E-state index contributed by atoms with van der Waals surface area (Å²) in [5.41, 5.74) is -1.97. The molecule has 9 heteroatoms. The summed E-state index contributed by atoms with van der Waals surface area (Å²) in [5.74, 6) is -4.30. The Hall–Kier alpha value is -1.41. The number of alkyl halides is 5. The van der Waals surface area contributed by atoms with E-state index in [4.69, 9.17) is 0 Å². The first-order chi connectivity index (χ1) is 9.08. The lowest BCUT2D eigenvalue weighted by atomic mass is 9.94. The Balaban J connectivity index is 0. The second-order valence-corrected chi connectivity index (χ2v) is 5.01. The number of hydrogen-bond acceptors (Lipinski definition) is 4. The first-order valence-corrected chi connectivity index (χ1v) is 5.80. The van der Waals surface area contributed by atoms with Crippen LogP contribution in [-0.2, 0) is 19.1 Å². The van der Waals surface area contributed by atoms with Crippen LogP contribution in [0.5, 0.6) is 0 Å². The average Bonchev–Trinajstić information content (AvgIpc) is 2.22. The van der Waals surface area contributed by atoms with Crippen molar-refractivity contribution in [2.75, 3.05) is 13.2 Å². The smallest absolute Gasteiger partial charge is 0.397 e. The number of rotatable bonds is 4. The molecule has 0 aliphatic carbocycles. The monoisotopic (exact) mass is 322 g/mol. The quantitative estimate of drug-likeness (QED) is 0.588. The van der Waals surface area contributed by atoms with E-state index in [2.05, 4.69) is 9.47 Å². The van der Waals surface area contributed by atoms with Crippen molar-refractivity contribution in [2.45, 2.75) is 46.7 Å². The first kappa shape index (κ1) is 21.9. The molecule has 0 spiro atoms. The summed E-state index contributed by atoms with van der Waals surface area (Å²) < 4.78 is 68.2. The largest absolute Gasteiger partial charge is 0.465 e. The molecule has 0 saturated carbocycles. The van der Waals surface area contributed by atoms with Crippen LogP contribution < -0.4 is 0 Å². The van der Waals surface area contributed by atoms with E-state index in [9.17, 15) is 31.5 Å². The van der Waals surface area contributed by atoms with Gasteiger partial charge in [0.2, 0.25) is 0 Å². The van der Waals surface area contributed by atoms with Crippen molar-refractivity contribution in [1.29, 1.82) is 0 Å². The fraction of sp³-hybridized carbons (Fsp3) is 0.833. The van der Waals surface area contributed by atoms with E-state index in [1.54, 1.807) is 0 Å². The molecule has 126 valence electrons. The average molecular weight is 322 g/mol. The molecule has 4 nitrogen and oxygen atoms in total. The summed E-state index contributed by atoms with van der Waals surface area (Å²) >= 11 is 0. The highest BCUT2D eigenvalue weighted by Gasteiger charge is 2.48. The van der Waals surface area contributed by atoms with Crippen LogP contribution in [-0.4, -0.2) is 37.3 Å². The zero-order valence-corrected chi connectivity index (χ0v) is 12.4. The number of hydrogen-bond donors (Lipinski definition) is 0. The number of esters is 2. The highest BCUT2D eigenvalue weighted by Crippen LogP contribution is 2.37. The van der Waals surface area contributed by atoms with Crippen LogP contribution in [0.2, 0.25) is 0 Å². The number of carbonyl (C=O) groups excluding carboxylic acids is 2. The van der Waals surface area contributed by atoms with E-state index in [0.717, 1.165) is 27.7 Å². The Labute approximate surface area is 119 Å². The molecular weight excluding hydrogens is 303 g/mol. The van der Waals surface area contributed by atoms with Crippen LogP contribution in [0.15, 0.2) is 0 Å². The molecule has 0 aliphatic heterocycles. The maximum absolute atomic E-state index is 12.1. The van der Waals surface area contributed by atoms with Crippen molar-refractivity contribution >= 4 is 11.9 Å². The van der Waals surface area contributed by atoms with E-state index in [-0.39, 0.29) is 0 Å². The molecule has 21 heavy (non-hydrogen) atoms. The molecular formula is C12H19F5O4. The van der Waals surface area contributed by atoms with Crippen molar-refractivity contribution in [2.24, 2.45) is 5.41 Å². The Kier molecular flexibility index (Phi) is 8.48. The van der Waals surface area contributed by atoms with Crippen molar-refractivity contribution < 1.29 is 41.0 Å². The van der Waals surface area contributed by atoms with Gasteiger partial charge in [-0.1, -0.05) is 0 Å². The van der Waals surface area contributed by atoms with Crippen LogP contribution in [0.1, 0.15) is 34.6 Å². The fourth-order valence-electron chi connectivity index (χ4n) is 0.592. The van der Waals surface area contributed by atoms with Gasteiger partial charge in [-0.3, -0.25) is 9.59 Å². The van der Waals surface area contributed by atoms with E-state index in [1.165, 1.54) is 0 Å². The van der Waals surface area contributed by atoms with Gasteiger partial charge in [0.1, 0.15) is 6.61 Å². The SMILES string of the molecule is CC(=O)OCC(C)(C)C(F)(F)F.CC(=O)OCC(C)(F)F. The van der Waals surface area contributed by atoms with Gasteiger partial charge in [0.05, 0.1) is 5.41 Å². The summed E-state index contributed by atoms with van der Waals surface area (Å²) in [6, 6.07) is 0. The molecule has 0 aromatic heterocycles. The maximum Gasteiger partial charge on any atom is 0.397 e. The van der Waals surface area contributed by atoms with Crippen LogP contribution in [0.4, 0.5) is 22.0 Å². The molecule has 0 N–H and O–H groups in total. The van der Waals surface area contributed by atoms with Crippen molar-refractivity contribution in [1.82, 2.24) is 0 Å². The highest BCUT2D eigenvalue weighted by molar-refractivity contribution is 5.66. The molecule has 0 unspecified atom stereocenters. The van der Waals surface area contributed by atoms with Crippen LogP contribution in [0.3, 0.4) is 0 Å². The summed E-state index contributed by atoms with van der Waals surface area (Å²) in [4.78, 5) is 20.2. The van der Waals surface area contributed by atoms with Gasteiger partial charge in [0, 0.05) is 20.8 Å². The molecule has 0 bridgehead atoms. The first-order valence-electron chi connectivity index (χ1n) is 5.80. The third kappa shape index (κ3) is 13.3. The topological polar surface area (TPSA) is 52.6 Å². The standard InChI is InChI=1S/C7H11F3O2.C5H8F2O2/c1-5(11)12-4-6(2,3)7(8,9)10;1-4(8)9-3-5(2,6)7/h4H2,1-3H3;3H2,1-2H3. The molecule has 0 aliphatic rings. The molecule has 0 aromatic rings. The Morgan fingerprint density at radius 3 is 1.33 bits per heavy atom. The minimum absolute atomic E-state index is 0.633. The summed E-state index contributed by atoms with van der Waals surface area (Å²) in [5, 5.41) is 0. The van der Waals surface area contributed by atoms with E-state index in [0.29, 0.717) is 6.92 Å². The lowest BCUT2D eigenvalue weighted by molar-refractivity contribution is -0.225. The van der Waals surface area contributed by atoms with Gasteiger partial charge in [0.25, 0.3) is 5.92 Å². The van der Waals surface area contributed by atoms with Gasteiger partial charge >= 0.3 is 18.1 Å². The second kappa shape index (κ2) is 8.14. The third-order valence-corrected chi connectivity index (χ3v) is 1.93. The summed E-state index contributed by atoms with van der Waals surface area (Å²) in [6.45, 7) is 3.36. The molecule has 0 heterocycles. The molecule has 0 amide bonds. The predicted octanol–water partition coefficient (Wildman–Crippen LogP) is 3.34. The Morgan fingerprint density at radius 1 is 0.810 bits per heavy atom.